The van der Waals surface area contributed by atoms with Gasteiger partial charge in [0.1, 0.15) is 6.61 Å². The van der Waals surface area contributed by atoms with E-state index in [9.17, 15) is 4.39 Å². The van der Waals surface area contributed by atoms with Crippen molar-refractivity contribution >= 4 is 11.6 Å². The Morgan fingerprint density at radius 1 is 1.26 bits per heavy atom. The van der Waals surface area contributed by atoms with E-state index in [0.717, 1.165) is 11.1 Å². The average Bonchev–Trinajstić information content (AvgIpc) is 2.37. The van der Waals surface area contributed by atoms with Crippen LogP contribution in [0.5, 0.6) is 5.75 Å². The third kappa shape index (κ3) is 3.69. The summed E-state index contributed by atoms with van der Waals surface area (Å²) in [6.45, 7) is 2.08. The highest BCUT2D eigenvalue weighted by molar-refractivity contribution is 6.30. The molecule has 0 radical (unpaired) electrons. The van der Waals surface area contributed by atoms with Gasteiger partial charge in [-0.05, 0) is 42.3 Å². The lowest BCUT2D eigenvalue weighted by Crippen LogP contribution is -2.06. The molecule has 0 aliphatic carbocycles. The van der Waals surface area contributed by atoms with Crippen LogP contribution in [0.4, 0.5) is 4.39 Å². The van der Waals surface area contributed by atoms with Crippen LogP contribution in [0.1, 0.15) is 24.1 Å². The van der Waals surface area contributed by atoms with E-state index >= 15 is 0 Å². The lowest BCUT2D eigenvalue weighted by Gasteiger charge is -2.10. The van der Waals surface area contributed by atoms with Gasteiger partial charge in [0.15, 0.2) is 11.6 Å². The van der Waals surface area contributed by atoms with E-state index in [2.05, 4.69) is 0 Å². The van der Waals surface area contributed by atoms with Gasteiger partial charge < -0.3 is 10.5 Å². The maximum Gasteiger partial charge on any atom is 0.165 e. The summed E-state index contributed by atoms with van der Waals surface area (Å²) in [6.07, 6.45) is 0. The second-order valence-corrected chi connectivity index (χ2v) is 4.83. The van der Waals surface area contributed by atoms with E-state index in [1.165, 1.54) is 6.07 Å². The fraction of sp³-hybridized carbons (Fsp3) is 0.200. The lowest BCUT2D eigenvalue weighted by molar-refractivity contribution is 0.290. The highest BCUT2D eigenvalue weighted by atomic mass is 35.5. The second-order valence-electron chi connectivity index (χ2n) is 4.40. The molecule has 100 valence electrons. The zero-order valence-corrected chi connectivity index (χ0v) is 11.3. The molecule has 0 fully saturated rings. The zero-order valence-electron chi connectivity index (χ0n) is 10.6. The van der Waals surface area contributed by atoms with Gasteiger partial charge in [0.2, 0.25) is 0 Å². The Morgan fingerprint density at radius 2 is 2.05 bits per heavy atom. The van der Waals surface area contributed by atoms with Crippen molar-refractivity contribution in [1.29, 1.82) is 0 Å². The van der Waals surface area contributed by atoms with Crippen LogP contribution >= 0.6 is 11.6 Å². The highest BCUT2D eigenvalue weighted by Gasteiger charge is 2.07. The first kappa shape index (κ1) is 13.8. The highest BCUT2D eigenvalue weighted by Crippen LogP contribution is 2.22. The molecule has 0 saturated carbocycles. The molecule has 4 heteroatoms. The molecule has 2 aromatic carbocycles. The van der Waals surface area contributed by atoms with Gasteiger partial charge in [-0.15, -0.1) is 0 Å². The van der Waals surface area contributed by atoms with Crippen molar-refractivity contribution in [3.63, 3.8) is 0 Å². The molecule has 0 heterocycles. The normalized spacial score (nSPS) is 12.2. The molecular formula is C15H15ClFNO. The fourth-order valence-electron chi connectivity index (χ4n) is 1.71. The molecule has 0 aromatic heterocycles. The SMILES string of the molecule is CC(N)c1ccc(OCc2cccc(Cl)c2)c(F)c1. The van der Waals surface area contributed by atoms with Crippen molar-refractivity contribution < 1.29 is 9.13 Å². The lowest BCUT2D eigenvalue weighted by atomic mass is 10.1. The third-order valence-electron chi connectivity index (χ3n) is 2.77. The average molecular weight is 280 g/mol. The molecule has 0 amide bonds. The topological polar surface area (TPSA) is 35.2 Å². The number of ether oxygens (including phenoxy) is 1. The first-order valence-corrected chi connectivity index (χ1v) is 6.36. The van der Waals surface area contributed by atoms with Crippen molar-refractivity contribution in [3.8, 4) is 5.75 Å². The van der Waals surface area contributed by atoms with Gasteiger partial charge in [0.25, 0.3) is 0 Å². The predicted molar refractivity (Wildman–Crippen MR) is 74.8 cm³/mol. The van der Waals surface area contributed by atoms with Gasteiger partial charge in [-0.2, -0.15) is 0 Å². The van der Waals surface area contributed by atoms with E-state index < -0.39 is 5.82 Å². The van der Waals surface area contributed by atoms with Crippen LogP contribution in [0, 0.1) is 5.82 Å². The summed E-state index contributed by atoms with van der Waals surface area (Å²) in [5.74, 6) is -0.193. The summed E-state index contributed by atoms with van der Waals surface area (Å²) in [6, 6.07) is 11.8. The maximum atomic E-state index is 13.8. The molecule has 0 aliphatic rings. The number of hydrogen-bond donors (Lipinski definition) is 1. The molecule has 0 spiro atoms. The maximum absolute atomic E-state index is 13.8. The number of hydrogen-bond acceptors (Lipinski definition) is 2. The molecule has 0 bridgehead atoms. The van der Waals surface area contributed by atoms with Crippen molar-refractivity contribution in [3.05, 3.63) is 64.4 Å². The first-order chi connectivity index (χ1) is 9.06. The van der Waals surface area contributed by atoms with Gasteiger partial charge in [0.05, 0.1) is 0 Å². The van der Waals surface area contributed by atoms with E-state index in [0.29, 0.717) is 5.02 Å². The molecule has 1 unspecified atom stereocenters. The summed E-state index contributed by atoms with van der Waals surface area (Å²) in [5, 5.41) is 0.633. The third-order valence-corrected chi connectivity index (χ3v) is 3.00. The van der Waals surface area contributed by atoms with Gasteiger partial charge in [-0.3, -0.25) is 0 Å². The molecule has 1 atom stereocenters. The first-order valence-electron chi connectivity index (χ1n) is 5.98. The molecule has 2 rings (SSSR count). The molecule has 0 saturated heterocycles. The summed E-state index contributed by atoms with van der Waals surface area (Å²) < 4.78 is 19.2. The van der Waals surface area contributed by atoms with Crippen LogP contribution in [0.25, 0.3) is 0 Å². The summed E-state index contributed by atoms with van der Waals surface area (Å²) in [4.78, 5) is 0. The minimum Gasteiger partial charge on any atom is -0.486 e. The molecule has 2 aromatic rings. The molecule has 2 nitrogen and oxygen atoms in total. The van der Waals surface area contributed by atoms with Crippen LogP contribution in [0.15, 0.2) is 42.5 Å². The quantitative estimate of drug-likeness (QED) is 0.915. The van der Waals surface area contributed by atoms with E-state index in [4.69, 9.17) is 22.1 Å². The van der Waals surface area contributed by atoms with Crippen molar-refractivity contribution in [2.24, 2.45) is 5.73 Å². The molecule has 0 aliphatic heterocycles. The number of nitrogens with two attached hydrogens (primary N) is 1. The Labute approximate surface area is 117 Å². The second kappa shape index (κ2) is 6.04. The standard InChI is InChI=1S/C15H15ClFNO/c1-10(18)12-5-6-15(14(17)8-12)19-9-11-3-2-4-13(16)7-11/h2-8,10H,9,18H2,1H3. The van der Waals surface area contributed by atoms with E-state index in [1.807, 2.05) is 12.1 Å². The van der Waals surface area contributed by atoms with Crippen molar-refractivity contribution in [1.82, 2.24) is 0 Å². The van der Waals surface area contributed by atoms with Crippen molar-refractivity contribution in [2.75, 3.05) is 0 Å². The Morgan fingerprint density at radius 3 is 2.68 bits per heavy atom. The van der Waals surface area contributed by atoms with Crippen molar-refractivity contribution in [2.45, 2.75) is 19.6 Å². The monoisotopic (exact) mass is 279 g/mol. The summed E-state index contributed by atoms with van der Waals surface area (Å²) in [7, 11) is 0. The van der Waals surface area contributed by atoms with Crippen LogP contribution in [-0.4, -0.2) is 0 Å². The zero-order chi connectivity index (χ0) is 13.8. The van der Waals surface area contributed by atoms with Gasteiger partial charge in [0, 0.05) is 11.1 Å². The molecule has 2 N–H and O–H groups in total. The number of halogens is 2. The largest absolute Gasteiger partial charge is 0.486 e. The summed E-state index contributed by atoms with van der Waals surface area (Å²) in [5.41, 5.74) is 7.33. The predicted octanol–water partition coefficient (Wildman–Crippen LogP) is 4.08. The molecular weight excluding hydrogens is 265 g/mol. The van der Waals surface area contributed by atoms with E-state index in [-0.39, 0.29) is 18.4 Å². The van der Waals surface area contributed by atoms with Gasteiger partial charge in [-0.1, -0.05) is 29.8 Å². The number of benzene rings is 2. The Bertz CT molecular complexity index is 572. The Hall–Kier alpha value is -1.58. The Kier molecular flexibility index (Phi) is 4.40. The van der Waals surface area contributed by atoms with Crippen LogP contribution < -0.4 is 10.5 Å². The minimum atomic E-state index is -0.406. The summed E-state index contributed by atoms with van der Waals surface area (Å²) >= 11 is 5.87. The minimum absolute atomic E-state index is 0.198. The smallest absolute Gasteiger partial charge is 0.165 e. The van der Waals surface area contributed by atoms with Gasteiger partial charge >= 0.3 is 0 Å². The van der Waals surface area contributed by atoms with Crippen LogP contribution in [-0.2, 0) is 6.61 Å². The van der Waals surface area contributed by atoms with Gasteiger partial charge in [-0.25, -0.2) is 4.39 Å². The Balaban J connectivity index is 2.07. The molecule has 19 heavy (non-hydrogen) atoms. The van der Waals surface area contributed by atoms with Crippen LogP contribution in [0.2, 0.25) is 5.02 Å². The van der Waals surface area contributed by atoms with Crippen LogP contribution in [0.3, 0.4) is 0 Å². The fourth-order valence-corrected chi connectivity index (χ4v) is 1.92. The van der Waals surface area contributed by atoms with E-state index in [1.54, 1.807) is 31.2 Å². The number of rotatable bonds is 4.